The van der Waals surface area contributed by atoms with Gasteiger partial charge in [0.1, 0.15) is 0 Å². The summed E-state index contributed by atoms with van der Waals surface area (Å²) in [6.45, 7) is 6.60. The van der Waals surface area contributed by atoms with Gasteiger partial charge in [-0.25, -0.2) is 8.42 Å². The molecule has 0 spiro atoms. The van der Waals surface area contributed by atoms with Crippen molar-refractivity contribution in [1.29, 1.82) is 0 Å². The Kier molecular flexibility index (Phi) is 6.03. The number of piperazine rings is 1. The zero-order valence-electron chi connectivity index (χ0n) is 17.2. The molecule has 1 atom stereocenters. The van der Waals surface area contributed by atoms with Gasteiger partial charge in [-0.05, 0) is 52.5 Å². The molecule has 2 aliphatic heterocycles. The van der Waals surface area contributed by atoms with Crippen LogP contribution >= 0.6 is 15.9 Å². The molecule has 0 N–H and O–H groups in total. The van der Waals surface area contributed by atoms with E-state index in [4.69, 9.17) is 0 Å². The van der Waals surface area contributed by atoms with E-state index < -0.39 is 10.0 Å². The Hall–Kier alpha value is -1.74. The van der Waals surface area contributed by atoms with Gasteiger partial charge < -0.3 is 4.90 Å². The summed E-state index contributed by atoms with van der Waals surface area (Å²) >= 11 is 3.47. The van der Waals surface area contributed by atoms with Gasteiger partial charge in [0.2, 0.25) is 15.9 Å². The van der Waals surface area contributed by atoms with Crippen LogP contribution in [0.25, 0.3) is 0 Å². The molecule has 1 saturated heterocycles. The maximum atomic E-state index is 13.4. The second kappa shape index (κ2) is 8.42. The van der Waals surface area contributed by atoms with Gasteiger partial charge in [-0.15, -0.1) is 0 Å². The van der Waals surface area contributed by atoms with Crippen molar-refractivity contribution in [3.63, 3.8) is 0 Å². The third-order valence-corrected chi connectivity index (χ3v) is 8.74. The van der Waals surface area contributed by atoms with Gasteiger partial charge in [-0.2, -0.15) is 4.31 Å². The van der Waals surface area contributed by atoms with Crippen LogP contribution in [0.3, 0.4) is 0 Å². The summed E-state index contributed by atoms with van der Waals surface area (Å²) in [5.74, 6) is -0.0681. The van der Waals surface area contributed by atoms with Crippen molar-refractivity contribution >= 4 is 37.5 Å². The van der Waals surface area contributed by atoms with Crippen molar-refractivity contribution in [2.75, 3.05) is 31.1 Å². The zero-order chi connectivity index (χ0) is 21.5. The van der Waals surface area contributed by atoms with E-state index in [2.05, 4.69) is 33.0 Å². The average molecular weight is 492 g/mol. The molecule has 0 bridgehead atoms. The average Bonchev–Trinajstić information content (AvgIpc) is 3.03. The maximum absolute atomic E-state index is 13.4. The fraction of sp³-hybridized carbons (Fsp3) is 0.409. The lowest BCUT2D eigenvalue weighted by atomic mass is 10.1. The SMILES string of the molecule is CC(=O)N1c2cc(S(=O)(=O)N3CCN(Cc4ccccc4)CC3)c(Br)cc2C[C@H]1C. The van der Waals surface area contributed by atoms with Crippen molar-refractivity contribution in [1.82, 2.24) is 9.21 Å². The molecule has 8 heteroatoms. The first kappa shape index (κ1) is 21.5. The van der Waals surface area contributed by atoms with Gasteiger partial charge >= 0.3 is 0 Å². The lowest BCUT2D eigenvalue weighted by molar-refractivity contribution is -0.116. The minimum absolute atomic E-state index is 0.0314. The first-order chi connectivity index (χ1) is 14.3. The molecule has 4 rings (SSSR count). The molecular formula is C22H26BrN3O3S. The number of benzene rings is 2. The predicted molar refractivity (Wildman–Crippen MR) is 121 cm³/mol. The molecule has 160 valence electrons. The van der Waals surface area contributed by atoms with Crippen LogP contribution in [0.2, 0.25) is 0 Å². The molecule has 0 saturated carbocycles. The van der Waals surface area contributed by atoms with E-state index in [1.54, 1.807) is 15.3 Å². The maximum Gasteiger partial charge on any atom is 0.244 e. The van der Waals surface area contributed by atoms with Crippen LogP contribution in [0.4, 0.5) is 5.69 Å². The van der Waals surface area contributed by atoms with Crippen LogP contribution in [0.5, 0.6) is 0 Å². The van der Waals surface area contributed by atoms with E-state index >= 15 is 0 Å². The number of anilines is 1. The first-order valence-electron chi connectivity index (χ1n) is 10.2. The van der Waals surface area contributed by atoms with Crippen LogP contribution in [0.1, 0.15) is 25.0 Å². The summed E-state index contributed by atoms with van der Waals surface area (Å²) < 4.78 is 28.9. The molecule has 30 heavy (non-hydrogen) atoms. The molecule has 2 heterocycles. The largest absolute Gasteiger partial charge is 0.309 e. The summed E-state index contributed by atoms with van der Waals surface area (Å²) in [5, 5.41) is 0. The number of hydrogen-bond donors (Lipinski definition) is 0. The molecule has 1 amide bonds. The highest BCUT2D eigenvalue weighted by Gasteiger charge is 2.35. The van der Waals surface area contributed by atoms with E-state index in [0.717, 1.165) is 18.5 Å². The van der Waals surface area contributed by atoms with Crippen LogP contribution in [-0.2, 0) is 27.8 Å². The van der Waals surface area contributed by atoms with Crippen LogP contribution in [-0.4, -0.2) is 55.8 Å². The summed E-state index contributed by atoms with van der Waals surface area (Å²) in [4.78, 5) is 16.3. The quantitative estimate of drug-likeness (QED) is 0.658. The third kappa shape index (κ3) is 4.06. The van der Waals surface area contributed by atoms with Crippen molar-refractivity contribution < 1.29 is 13.2 Å². The highest BCUT2D eigenvalue weighted by Crippen LogP contribution is 2.39. The standard InChI is InChI=1S/C22H26BrN3O3S/c1-16-12-19-13-20(23)22(14-21(19)26(16)17(2)27)30(28,29)25-10-8-24(9-11-25)15-18-6-4-3-5-7-18/h3-7,13-14,16H,8-12,15H2,1-2H3/t16-/m1/s1. The minimum atomic E-state index is -3.66. The molecule has 2 aliphatic rings. The second-order valence-electron chi connectivity index (χ2n) is 8.02. The number of halogens is 1. The van der Waals surface area contributed by atoms with E-state index in [-0.39, 0.29) is 16.8 Å². The smallest absolute Gasteiger partial charge is 0.244 e. The minimum Gasteiger partial charge on any atom is -0.309 e. The molecule has 0 aliphatic carbocycles. The number of amides is 1. The Labute approximate surface area is 186 Å². The van der Waals surface area contributed by atoms with Crippen molar-refractivity contribution in [2.24, 2.45) is 0 Å². The van der Waals surface area contributed by atoms with Gasteiger partial charge in [0.25, 0.3) is 0 Å². The Morgan fingerprint density at radius 2 is 1.77 bits per heavy atom. The highest BCUT2D eigenvalue weighted by atomic mass is 79.9. The molecule has 0 aromatic heterocycles. The molecule has 1 fully saturated rings. The van der Waals surface area contributed by atoms with E-state index in [1.807, 2.05) is 31.2 Å². The van der Waals surface area contributed by atoms with Gasteiger partial charge in [-0.3, -0.25) is 9.69 Å². The van der Waals surface area contributed by atoms with Crippen LogP contribution in [0.15, 0.2) is 51.8 Å². The predicted octanol–water partition coefficient (Wildman–Crippen LogP) is 3.25. The molecule has 2 aromatic carbocycles. The van der Waals surface area contributed by atoms with Crippen molar-refractivity contribution in [3.05, 3.63) is 58.1 Å². The molecule has 2 aromatic rings. The summed E-state index contributed by atoms with van der Waals surface area (Å²) in [6, 6.07) is 13.8. The van der Waals surface area contributed by atoms with Crippen LogP contribution < -0.4 is 4.90 Å². The first-order valence-corrected chi connectivity index (χ1v) is 12.4. The number of sulfonamides is 1. The molecule has 0 unspecified atom stereocenters. The van der Waals surface area contributed by atoms with Crippen LogP contribution in [0, 0.1) is 0 Å². The normalized spacial score (nSPS) is 20.4. The molecule has 0 radical (unpaired) electrons. The number of hydrogen-bond acceptors (Lipinski definition) is 4. The summed E-state index contributed by atoms with van der Waals surface area (Å²) in [6.07, 6.45) is 0.728. The monoisotopic (exact) mass is 491 g/mol. The van der Waals surface area contributed by atoms with Crippen molar-refractivity contribution in [3.8, 4) is 0 Å². The van der Waals surface area contributed by atoms with Gasteiger partial charge in [-0.1, -0.05) is 30.3 Å². The molecule has 6 nitrogen and oxygen atoms in total. The Morgan fingerprint density at radius 1 is 1.10 bits per heavy atom. The van der Waals surface area contributed by atoms with Crippen molar-refractivity contribution in [2.45, 2.75) is 37.8 Å². The van der Waals surface area contributed by atoms with E-state index in [0.29, 0.717) is 36.3 Å². The fourth-order valence-corrected chi connectivity index (χ4v) is 6.90. The summed E-state index contributed by atoms with van der Waals surface area (Å²) in [5.41, 5.74) is 2.93. The zero-order valence-corrected chi connectivity index (χ0v) is 19.6. The fourth-order valence-electron chi connectivity index (χ4n) is 4.40. The third-order valence-electron chi connectivity index (χ3n) is 5.89. The van der Waals surface area contributed by atoms with Gasteiger partial charge in [0.05, 0.1) is 4.90 Å². The number of carbonyl (C=O) groups excluding carboxylic acids is 1. The summed E-state index contributed by atoms with van der Waals surface area (Å²) in [7, 11) is -3.66. The number of carbonyl (C=O) groups is 1. The number of rotatable bonds is 4. The highest BCUT2D eigenvalue weighted by molar-refractivity contribution is 9.10. The number of nitrogens with zero attached hydrogens (tertiary/aromatic N) is 3. The van der Waals surface area contributed by atoms with Gasteiger partial charge in [0, 0.05) is 55.8 Å². The lowest BCUT2D eigenvalue weighted by Gasteiger charge is -2.34. The Morgan fingerprint density at radius 3 is 2.40 bits per heavy atom. The van der Waals surface area contributed by atoms with E-state index in [9.17, 15) is 13.2 Å². The molecular weight excluding hydrogens is 466 g/mol. The number of fused-ring (bicyclic) bond motifs is 1. The van der Waals surface area contributed by atoms with Gasteiger partial charge in [0.15, 0.2) is 0 Å². The Balaban J connectivity index is 1.53. The lowest BCUT2D eigenvalue weighted by Crippen LogP contribution is -2.48. The Bertz CT molecular complexity index is 1050. The second-order valence-corrected chi connectivity index (χ2v) is 10.8. The topological polar surface area (TPSA) is 60.9 Å². The van der Waals surface area contributed by atoms with E-state index in [1.165, 1.54) is 12.5 Å².